The highest BCUT2D eigenvalue weighted by molar-refractivity contribution is 5.89. The number of ether oxygens (including phenoxy) is 1. The van der Waals surface area contributed by atoms with Crippen LogP contribution in [0.3, 0.4) is 0 Å². The lowest BCUT2D eigenvalue weighted by Gasteiger charge is -2.58. The molecule has 4 aliphatic rings. The average Bonchev–Trinajstić information content (AvgIpc) is 3.02. The van der Waals surface area contributed by atoms with Gasteiger partial charge in [-0.1, -0.05) is 45.3 Å². The Morgan fingerprint density at radius 3 is 2.55 bits per heavy atom. The Morgan fingerprint density at radius 2 is 1.84 bits per heavy atom. The Kier molecular flexibility index (Phi) is 5.98. The molecule has 0 amide bonds. The second-order valence-electron chi connectivity index (χ2n) is 11.3. The SMILES string of the molecule is CCCCCC(=O)O[C@]1(C(C)=O)CC[C@H]2C3CC=C4CC(=O)CCC4(C)[C@H]3CCC21C. The Morgan fingerprint density at radius 1 is 1.10 bits per heavy atom. The van der Waals surface area contributed by atoms with Gasteiger partial charge in [0.1, 0.15) is 5.78 Å². The van der Waals surface area contributed by atoms with Gasteiger partial charge in [0, 0.05) is 24.7 Å². The summed E-state index contributed by atoms with van der Waals surface area (Å²) < 4.78 is 6.16. The highest BCUT2D eigenvalue weighted by atomic mass is 16.6. The minimum absolute atomic E-state index is 0.0290. The molecule has 0 aliphatic heterocycles. The van der Waals surface area contributed by atoms with Gasteiger partial charge in [0.05, 0.1) is 0 Å². The van der Waals surface area contributed by atoms with Gasteiger partial charge < -0.3 is 4.74 Å². The van der Waals surface area contributed by atoms with E-state index in [1.165, 1.54) is 5.57 Å². The number of hydrogen-bond acceptors (Lipinski definition) is 4. The smallest absolute Gasteiger partial charge is 0.306 e. The third kappa shape index (κ3) is 3.43. The maximum Gasteiger partial charge on any atom is 0.306 e. The molecule has 6 atom stereocenters. The molecule has 0 radical (unpaired) electrons. The highest BCUT2D eigenvalue weighted by Gasteiger charge is 2.67. The number of carbonyl (C=O) groups is 3. The number of Topliss-reactive ketones (excluding diaryl/α,β-unsaturated/α-hetero) is 2. The Balaban J connectivity index is 1.60. The van der Waals surface area contributed by atoms with Gasteiger partial charge in [-0.05, 0) is 75.0 Å². The fourth-order valence-corrected chi connectivity index (χ4v) is 8.06. The van der Waals surface area contributed by atoms with Crippen LogP contribution >= 0.6 is 0 Å². The van der Waals surface area contributed by atoms with Crippen LogP contribution in [-0.4, -0.2) is 23.1 Å². The van der Waals surface area contributed by atoms with E-state index in [1.54, 1.807) is 6.92 Å². The fourth-order valence-electron chi connectivity index (χ4n) is 8.06. The summed E-state index contributed by atoms with van der Waals surface area (Å²) in [6.07, 6.45) is 12.6. The van der Waals surface area contributed by atoms with Gasteiger partial charge in [-0.3, -0.25) is 14.4 Å². The molecule has 4 nitrogen and oxygen atoms in total. The number of rotatable bonds is 6. The first kappa shape index (κ1) is 22.7. The van der Waals surface area contributed by atoms with Gasteiger partial charge in [-0.25, -0.2) is 0 Å². The average molecular weight is 429 g/mol. The number of ketones is 2. The molecule has 3 unspecified atom stereocenters. The van der Waals surface area contributed by atoms with Crippen LogP contribution in [0.15, 0.2) is 11.6 Å². The van der Waals surface area contributed by atoms with Crippen molar-refractivity contribution in [1.82, 2.24) is 0 Å². The van der Waals surface area contributed by atoms with Gasteiger partial charge in [-0.15, -0.1) is 0 Å². The van der Waals surface area contributed by atoms with E-state index in [9.17, 15) is 14.4 Å². The third-order valence-corrected chi connectivity index (χ3v) is 9.90. The van der Waals surface area contributed by atoms with E-state index in [0.29, 0.717) is 49.2 Å². The molecule has 31 heavy (non-hydrogen) atoms. The van der Waals surface area contributed by atoms with Gasteiger partial charge in [-0.2, -0.15) is 0 Å². The largest absolute Gasteiger partial charge is 0.450 e. The summed E-state index contributed by atoms with van der Waals surface area (Å²) in [4.78, 5) is 37.9. The van der Waals surface area contributed by atoms with E-state index >= 15 is 0 Å². The molecule has 0 spiro atoms. The zero-order valence-corrected chi connectivity index (χ0v) is 19.9. The van der Waals surface area contributed by atoms with Crippen molar-refractivity contribution in [2.75, 3.05) is 0 Å². The van der Waals surface area contributed by atoms with E-state index in [1.807, 2.05) is 0 Å². The summed E-state index contributed by atoms with van der Waals surface area (Å²) >= 11 is 0. The van der Waals surface area contributed by atoms with Gasteiger partial charge >= 0.3 is 5.97 Å². The molecule has 172 valence electrons. The molecular formula is C27H40O4. The third-order valence-electron chi connectivity index (χ3n) is 9.90. The molecule has 0 N–H and O–H groups in total. The number of unbranched alkanes of at least 4 members (excludes halogenated alkanes) is 2. The lowest BCUT2D eigenvalue weighted by molar-refractivity contribution is -0.188. The molecule has 3 fully saturated rings. The van der Waals surface area contributed by atoms with Crippen LogP contribution in [0.2, 0.25) is 0 Å². The van der Waals surface area contributed by atoms with Gasteiger partial charge in [0.25, 0.3) is 0 Å². The van der Waals surface area contributed by atoms with Crippen LogP contribution in [-0.2, 0) is 19.1 Å². The van der Waals surface area contributed by atoms with Crippen molar-refractivity contribution in [3.8, 4) is 0 Å². The zero-order chi connectivity index (χ0) is 22.4. The molecule has 4 rings (SSSR count). The topological polar surface area (TPSA) is 60.4 Å². The van der Waals surface area contributed by atoms with Crippen molar-refractivity contribution in [2.45, 2.75) is 110 Å². The summed E-state index contributed by atoms with van der Waals surface area (Å²) in [6, 6.07) is 0. The summed E-state index contributed by atoms with van der Waals surface area (Å²) in [7, 11) is 0. The van der Waals surface area contributed by atoms with Crippen molar-refractivity contribution in [1.29, 1.82) is 0 Å². The molecule has 0 heterocycles. The Bertz CT molecular complexity index is 797. The standard InChI is InChI=1S/C27H40O4/c1-5-6-7-8-24(30)31-27(18(2)28)16-13-23-21-10-9-19-17-20(29)11-14-25(19,3)22(21)12-15-26(23,27)4/h9,21-23H,5-8,10-17H2,1-4H3/t21?,22-,23-,25?,26?,27-/m0/s1. The molecular weight excluding hydrogens is 388 g/mol. The highest BCUT2D eigenvalue weighted by Crippen LogP contribution is 2.67. The first-order chi connectivity index (χ1) is 14.7. The lowest BCUT2D eigenvalue weighted by Crippen LogP contribution is -2.58. The van der Waals surface area contributed by atoms with Crippen molar-refractivity contribution in [3.63, 3.8) is 0 Å². The normalized spacial score (nSPS) is 41.6. The number of esters is 1. The predicted octanol–water partition coefficient (Wildman–Crippen LogP) is 5.97. The van der Waals surface area contributed by atoms with Crippen LogP contribution in [0.1, 0.15) is 105 Å². The van der Waals surface area contributed by atoms with Crippen LogP contribution in [0.25, 0.3) is 0 Å². The molecule has 0 saturated heterocycles. The van der Waals surface area contributed by atoms with Crippen LogP contribution < -0.4 is 0 Å². The number of fused-ring (bicyclic) bond motifs is 5. The molecule has 0 aromatic rings. The summed E-state index contributed by atoms with van der Waals surface area (Å²) in [6.45, 7) is 8.36. The minimum atomic E-state index is -0.959. The summed E-state index contributed by atoms with van der Waals surface area (Å²) in [5, 5.41) is 0. The van der Waals surface area contributed by atoms with Crippen molar-refractivity contribution in [2.24, 2.45) is 28.6 Å². The first-order valence-corrected chi connectivity index (χ1v) is 12.6. The molecule has 0 aromatic carbocycles. The first-order valence-electron chi connectivity index (χ1n) is 12.6. The summed E-state index contributed by atoms with van der Waals surface area (Å²) in [5.41, 5.74) is 0.245. The van der Waals surface area contributed by atoms with E-state index in [4.69, 9.17) is 4.74 Å². The maximum atomic E-state index is 13.1. The second kappa shape index (κ2) is 8.15. The molecule has 4 heteroatoms. The van der Waals surface area contributed by atoms with Crippen LogP contribution in [0, 0.1) is 28.6 Å². The molecule has 0 bridgehead atoms. The number of carbonyl (C=O) groups excluding carboxylic acids is 3. The maximum absolute atomic E-state index is 13.1. The molecule has 0 aromatic heterocycles. The van der Waals surface area contributed by atoms with Crippen molar-refractivity contribution >= 4 is 17.5 Å². The fraction of sp³-hybridized carbons (Fsp3) is 0.815. The van der Waals surface area contributed by atoms with Gasteiger partial charge in [0.15, 0.2) is 11.4 Å². The lowest BCUT2D eigenvalue weighted by atomic mass is 9.47. The van der Waals surface area contributed by atoms with E-state index in [2.05, 4.69) is 26.8 Å². The molecule has 3 saturated carbocycles. The second-order valence-corrected chi connectivity index (χ2v) is 11.3. The van der Waals surface area contributed by atoms with E-state index in [0.717, 1.165) is 51.4 Å². The number of hydrogen-bond donors (Lipinski definition) is 0. The quantitative estimate of drug-likeness (QED) is 0.297. The minimum Gasteiger partial charge on any atom is -0.450 e. The van der Waals surface area contributed by atoms with Crippen LogP contribution in [0.4, 0.5) is 0 Å². The van der Waals surface area contributed by atoms with Crippen LogP contribution in [0.5, 0.6) is 0 Å². The Hall–Kier alpha value is -1.45. The summed E-state index contributed by atoms with van der Waals surface area (Å²) in [5.74, 6) is 1.69. The Labute approximate surface area is 187 Å². The van der Waals surface area contributed by atoms with E-state index < -0.39 is 5.60 Å². The monoisotopic (exact) mass is 428 g/mol. The van der Waals surface area contributed by atoms with Gasteiger partial charge in [0.2, 0.25) is 0 Å². The predicted molar refractivity (Wildman–Crippen MR) is 120 cm³/mol. The molecule has 4 aliphatic carbocycles. The van der Waals surface area contributed by atoms with Crippen molar-refractivity contribution < 1.29 is 19.1 Å². The number of allylic oxidation sites excluding steroid dienone is 2. The van der Waals surface area contributed by atoms with E-state index in [-0.39, 0.29) is 22.6 Å². The zero-order valence-electron chi connectivity index (χ0n) is 19.9. The van der Waals surface area contributed by atoms with Crippen molar-refractivity contribution in [3.05, 3.63) is 11.6 Å².